The van der Waals surface area contributed by atoms with Crippen LogP contribution in [0.2, 0.25) is 0 Å². The number of aromatic nitrogens is 1. The summed E-state index contributed by atoms with van der Waals surface area (Å²) in [5, 5.41) is 0.967. The minimum atomic E-state index is 0.515. The number of hydrogen-bond acceptors (Lipinski definition) is 3. The fraction of sp³-hybridized carbons (Fsp3) is 0.0455. The van der Waals surface area contributed by atoms with Crippen molar-refractivity contribution in [3.8, 4) is 17.0 Å². The zero-order valence-corrected chi connectivity index (χ0v) is 13.7. The van der Waals surface area contributed by atoms with Gasteiger partial charge in [-0.05, 0) is 29.8 Å². The number of para-hydroxylation sites is 2. The van der Waals surface area contributed by atoms with Crippen LogP contribution < -0.4 is 10.5 Å². The topological polar surface area (TPSA) is 48.1 Å². The quantitative estimate of drug-likeness (QED) is 0.570. The standard InChI is InChI=1S/C22H18N2O/c23-19-14-21(24-20-12-6-4-10-17(19)20)18-11-5-7-13-22(18)25-15-16-8-2-1-3-9-16/h1-14H,15H2,(H2,23,24). The number of fused-ring (bicyclic) bond motifs is 1. The average Bonchev–Trinajstić information content (AvgIpc) is 2.67. The van der Waals surface area contributed by atoms with Crippen molar-refractivity contribution in [3.05, 3.63) is 90.5 Å². The number of rotatable bonds is 4. The fourth-order valence-corrected chi connectivity index (χ4v) is 2.88. The summed E-state index contributed by atoms with van der Waals surface area (Å²) in [6, 6.07) is 27.9. The molecule has 3 heteroatoms. The third kappa shape index (κ3) is 3.17. The van der Waals surface area contributed by atoms with Crippen LogP contribution in [-0.2, 0) is 6.61 Å². The highest BCUT2D eigenvalue weighted by Crippen LogP contribution is 2.32. The second-order valence-corrected chi connectivity index (χ2v) is 5.88. The lowest BCUT2D eigenvalue weighted by Gasteiger charge is -2.12. The lowest BCUT2D eigenvalue weighted by molar-refractivity contribution is 0.307. The molecule has 0 aliphatic rings. The van der Waals surface area contributed by atoms with E-state index in [9.17, 15) is 0 Å². The second kappa shape index (κ2) is 6.65. The number of pyridine rings is 1. The number of nitrogens with zero attached hydrogens (tertiary/aromatic N) is 1. The molecular formula is C22H18N2O. The monoisotopic (exact) mass is 326 g/mol. The molecule has 0 radical (unpaired) electrons. The van der Waals surface area contributed by atoms with Gasteiger partial charge in [-0.25, -0.2) is 4.98 Å². The van der Waals surface area contributed by atoms with Gasteiger partial charge in [0.1, 0.15) is 12.4 Å². The summed E-state index contributed by atoms with van der Waals surface area (Å²) in [7, 11) is 0. The summed E-state index contributed by atoms with van der Waals surface area (Å²) in [4.78, 5) is 4.76. The zero-order valence-electron chi connectivity index (χ0n) is 13.7. The highest BCUT2D eigenvalue weighted by molar-refractivity contribution is 5.93. The van der Waals surface area contributed by atoms with E-state index in [0.29, 0.717) is 6.61 Å². The first-order valence-corrected chi connectivity index (χ1v) is 8.22. The Kier molecular flexibility index (Phi) is 4.05. The Morgan fingerprint density at radius 2 is 1.52 bits per heavy atom. The Bertz CT molecular complexity index is 1010. The summed E-state index contributed by atoms with van der Waals surface area (Å²) < 4.78 is 6.05. The Morgan fingerprint density at radius 3 is 2.40 bits per heavy atom. The van der Waals surface area contributed by atoms with Gasteiger partial charge >= 0.3 is 0 Å². The molecule has 0 fully saturated rings. The van der Waals surface area contributed by atoms with E-state index in [4.69, 9.17) is 15.5 Å². The van der Waals surface area contributed by atoms with Crippen LogP contribution in [0.1, 0.15) is 5.56 Å². The normalized spacial score (nSPS) is 10.7. The molecule has 3 aromatic carbocycles. The van der Waals surface area contributed by atoms with Crippen molar-refractivity contribution < 1.29 is 4.74 Å². The summed E-state index contributed by atoms with van der Waals surface area (Å²) in [5.41, 5.74) is 10.7. The van der Waals surface area contributed by atoms with Gasteiger partial charge in [-0.3, -0.25) is 0 Å². The minimum Gasteiger partial charge on any atom is -0.488 e. The number of nitrogens with two attached hydrogens (primary N) is 1. The average molecular weight is 326 g/mol. The van der Waals surface area contributed by atoms with Gasteiger partial charge in [0.25, 0.3) is 0 Å². The van der Waals surface area contributed by atoms with Crippen LogP contribution in [0.3, 0.4) is 0 Å². The maximum atomic E-state index is 6.23. The molecule has 122 valence electrons. The first-order chi connectivity index (χ1) is 12.3. The van der Waals surface area contributed by atoms with Crippen molar-refractivity contribution in [2.75, 3.05) is 5.73 Å². The Hall–Kier alpha value is -3.33. The highest BCUT2D eigenvalue weighted by atomic mass is 16.5. The van der Waals surface area contributed by atoms with Crippen LogP contribution in [0, 0.1) is 0 Å². The van der Waals surface area contributed by atoms with Gasteiger partial charge in [0.05, 0.1) is 11.2 Å². The van der Waals surface area contributed by atoms with E-state index >= 15 is 0 Å². The van der Waals surface area contributed by atoms with E-state index in [0.717, 1.165) is 39.2 Å². The number of ether oxygens (including phenoxy) is 1. The van der Waals surface area contributed by atoms with Crippen molar-refractivity contribution >= 4 is 16.6 Å². The molecule has 0 atom stereocenters. The molecule has 0 aliphatic heterocycles. The number of benzene rings is 3. The second-order valence-electron chi connectivity index (χ2n) is 5.88. The first-order valence-electron chi connectivity index (χ1n) is 8.22. The molecule has 1 heterocycles. The number of nitrogen functional groups attached to an aromatic ring is 1. The van der Waals surface area contributed by atoms with Crippen molar-refractivity contribution in [1.29, 1.82) is 0 Å². The predicted molar refractivity (Wildman–Crippen MR) is 102 cm³/mol. The lowest BCUT2D eigenvalue weighted by atomic mass is 10.1. The van der Waals surface area contributed by atoms with E-state index in [-0.39, 0.29) is 0 Å². The molecule has 0 amide bonds. The van der Waals surface area contributed by atoms with E-state index < -0.39 is 0 Å². The summed E-state index contributed by atoms with van der Waals surface area (Å²) >= 11 is 0. The molecule has 0 spiro atoms. The van der Waals surface area contributed by atoms with E-state index in [1.807, 2.05) is 72.8 Å². The van der Waals surface area contributed by atoms with Crippen molar-refractivity contribution in [2.45, 2.75) is 6.61 Å². The molecule has 2 N–H and O–H groups in total. The Balaban J connectivity index is 1.71. The largest absolute Gasteiger partial charge is 0.488 e. The van der Waals surface area contributed by atoms with E-state index in [1.165, 1.54) is 0 Å². The minimum absolute atomic E-state index is 0.515. The molecule has 25 heavy (non-hydrogen) atoms. The SMILES string of the molecule is Nc1cc(-c2ccccc2OCc2ccccc2)nc2ccccc12. The molecule has 3 nitrogen and oxygen atoms in total. The zero-order chi connectivity index (χ0) is 17.1. The summed E-state index contributed by atoms with van der Waals surface area (Å²) in [6.07, 6.45) is 0. The molecule has 0 aliphatic carbocycles. The molecule has 0 saturated carbocycles. The number of anilines is 1. The van der Waals surface area contributed by atoms with Crippen LogP contribution in [0.5, 0.6) is 5.75 Å². The molecule has 4 rings (SSSR count). The van der Waals surface area contributed by atoms with E-state index in [2.05, 4.69) is 12.1 Å². The van der Waals surface area contributed by atoms with Crippen molar-refractivity contribution in [2.24, 2.45) is 0 Å². The molecule has 4 aromatic rings. The predicted octanol–water partition coefficient (Wildman–Crippen LogP) is 5.06. The van der Waals surface area contributed by atoms with Gasteiger partial charge in [-0.2, -0.15) is 0 Å². The van der Waals surface area contributed by atoms with Crippen LogP contribution in [-0.4, -0.2) is 4.98 Å². The maximum absolute atomic E-state index is 6.23. The van der Waals surface area contributed by atoms with Crippen LogP contribution in [0.25, 0.3) is 22.2 Å². The maximum Gasteiger partial charge on any atom is 0.129 e. The lowest BCUT2D eigenvalue weighted by Crippen LogP contribution is -1.98. The molecular weight excluding hydrogens is 308 g/mol. The highest BCUT2D eigenvalue weighted by Gasteiger charge is 2.10. The third-order valence-corrected chi connectivity index (χ3v) is 4.15. The van der Waals surface area contributed by atoms with Crippen LogP contribution >= 0.6 is 0 Å². The first kappa shape index (κ1) is 15.2. The molecule has 0 unspecified atom stereocenters. The van der Waals surface area contributed by atoms with Crippen molar-refractivity contribution in [1.82, 2.24) is 4.98 Å². The van der Waals surface area contributed by atoms with Gasteiger partial charge in [-0.15, -0.1) is 0 Å². The smallest absolute Gasteiger partial charge is 0.129 e. The molecule has 0 bridgehead atoms. The Labute approximate surface area is 146 Å². The van der Waals surface area contributed by atoms with E-state index in [1.54, 1.807) is 0 Å². The van der Waals surface area contributed by atoms with Crippen LogP contribution in [0.4, 0.5) is 5.69 Å². The van der Waals surface area contributed by atoms with Gasteiger partial charge in [-0.1, -0.05) is 60.7 Å². The number of hydrogen-bond donors (Lipinski definition) is 1. The fourth-order valence-electron chi connectivity index (χ4n) is 2.88. The van der Waals surface area contributed by atoms with Gasteiger partial charge < -0.3 is 10.5 Å². The van der Waals surface area contributed by atoms with Gasteiger partial charge in [0.2, 0.25) is 0 Å². The molecule has 0 saturated heterocycles. The summed E-state index contributed by atoms with van der Waals surface area (Å²) in [6.45, 7) is 0.515. The van der Waals surface area contributed by atoms with Gasteiger partial charge in [0.15, 0.2) is 0 Å². The molecule has 1 aromatic heterocycles. The van der Waals surface area contributed by atoms with Gasteiger partial charge in [0, 0.05) is 16.6 Å². The Morgan fingerprint density at radius 1 is 0.800 bits per heavy atom. The van der Waals surface area contributed by atoms with Crippen molar-refractivity contribution in [3.63, 3.8) is 0 Å². The summed E-state index contributed by atoms with van der Waals surface area (Å²) in [5.74, 6) is 0.800. The third-order valence-electron chi connectivity index (χ3n) is 4.15. The van der Waals surface area contributed by atoms with Crippen LogP contribution in [0.15, 0.2) is 84.9 Å².